The Morgan fingerprint density at radius 3 is 2.57 bits per heavy atom. The molecule has 0 N–H and O–H groups in total. The van der Waals surface area contributed by atoms with Crippen LogP contribution in [0.2, 0.25) is 0 Å². The molecular formula is C8H15ClO4S. The van der Waals surface area contributed by atoms with Crippen molar-refractivity contribution in [2.45, 2.75) is 32.0 Å². The van der Waals surface area contributed by atoms with E-state index in [0.717, 1.165) is 0 Å². The van der Waals surface area contributed by atoms with Crippen molar-refractivity contribution >= 4 is 19.7 Å². The third kappa shape index (κ3) is 3.73. The molecule has 0 bridgehead atoms. The zero-order chi connectivity index (χ0) is 10.8. The maximum Gasteiger partial charge on any atom is 0.235 e. The lowest BCUT2D eigenvalue weighted by molar-refractivity contribution is -0.0668. The van der Waals surface area contributed by atoms with Gasteiger partial charge in [-0.1, -0.05) is 0 Å². The quantitative estimate of drug-likeness (QED) is 0.694. The molecule has 0 radical (unpaired) electrons. The van der Waals surface area contributed by atoms with E-state index >= 15 is 0 Å². The summed E-state index contributed by atoms with van der Waals surface area (Å²) >= 11 is 0. The molecule has 1 atom stereocenters. The van der Waals surface area contributed by atoms with Gasteiger partial charge >= 0.3 is 0 Å². The highest BCUT2D eigenvalue weighted by Crippen LogP contribution is 2.27. The molecule has 84 valence electrons. The minimum Gasteiger partial charge on any atom is -0.378 e. The summed E-state index contributed by atoms with van der Waals surface area (Å²) in [5.41, 5.74) is -0.741. The molecule has 1 rings (SSSR count). The molecule has 0 unspecified atom stereocenters. The van der Waals surface area contributed by atoms with Crippen molar-refractivity contribution in [2.75, 3.05) is 19.0 Å². The van der Waals surface area contributed by atoms with Gasteiger partial charge < -0.3 is 9.47 Å². The Labute approximate surface area is 88.9 Å². The SMILES string of the molecule is CC(C)O[C@]1(CS(=O)(=O)Cl)CCOC1. The summed E-state index contributed by atoms with van der Waals surface area (Å²) in [6, 6.07) is 0. The highest BCUT2D eigenvalue weighted by molar-refractivity contribution is 8.13. The summed E-state index contributed by atoms with van der Waals surface area (Å²) in [6.45, 7) is 4.55. The molecule has 0 aromatic rings. The van der Waals surface area contributed by atoms with E-state index in [0.29, 0.717) is 19.6 Å². The highest BCUT2D eigenvalue weighted by Gasteiger charge is 2.40. The van der Waals surface area contributed by atoms with Gasteiger partial charge in [-0.3, -0.25) is 0 Å². The first-order valence-electron chi connectivity index (χ1n) is 4.51. The zero-order valence-electron chi connectivity index (χ0n) is 8.32. The van der Waals surface area contributed by atoms with E-state index < -0.39 is 14.7 Å². The summed E-state index contributed by atoms with van der Waals surface area (Å²) in [5.74, 6) is -0.181. The van der Waals surface area contributed by atoms with Crippen LogP contribution in [-0.2, 0) is 18.5 Å². The maximum absolute atomic E-state index is 11.0. The van der Waals surface area contributed by atoms with Crippen LogP contribution in [0, 0.1) is 0 Å². The number of rotatable bonds is 4. The maximum atomic E-state index is 11.0. The molecule has 1 aliphatic heterocycles. The van der Waals surface area contributed by atoms with Crippen LogP contribution < -0.4 is 0 Å². The minimum absolute atomic E-state index is 0.0323. The lowest BCUT2D eigenvalue weighted by atomic mass is 10.1. The molecule has 1 saturated heterocycles. The van der Waals surface area contributed by atoms with Gasteiger partial charge in [0, 0.05) is 23.7 Å². The normalized spacial score (nSPS) is 28.6. The second-order valence-corrected chi connectivity index (χ2v) is 6.61. The van der Waals surface area contributed by atoms with Gasteiger partial charge in [0.15, 0.2) is 0 Å². The summed E-state index contributed by atoms with van der Waals surface area (Å²) in [7, 11) is 1.68. The van der Waals surface area contributed by atoms with Crippen LogP contribution in [0.25, 0.3) is 0 Å². The minimum atomic E-state index is -3.54. The molecule has 6 heteroatoms. The van der Waals surface area contributed by atoms with Gasteiger partial charge in [0.25, 0.3) is 0 Å². The van der Waals surface area contributed by atoms with Gasteiger partial charge in [-0.05, 0) is 13.8 Å². The molecule has 1 aliphatic rings. The van der Waals surface area contributed by atoms with Gasteiger partial charge in [-0.15, -0.1) is 0 Å². The first-order chi connectivity index (χ1) is 6.33. The Kier molecular flexibility index (Phi) is 3.80. The molecular weight excluding hydrogens is 228 g/mol. The van der Waals surface area contributed by atoms with E-state index in [1.54, 1.807) is 0 Å². The van der Waals surface area contributed by atoms with Gasteiger partial charge in [0.2, 0.25) is 9.05 Å². The van der Waals surface area contributed by atoms with E-state index in [1.807, 2.05) is 13.8 Å². The molecule has 0 aromatic heterocycles. The highest BCUT2D eigenvalue weighted by atomic mass is 35.7. The number of hydrogen-bond donors (Lipinski definition) is 0. The fraction of sp³-hybridized carbons (Fsp3) is 1.00. The van der Waals surface area contributed by atoms with Gasteiger partial charge in [-0.2, -0.15) is 0 Å². The van der Waals surface area contributed by atoms with E-state index in [9.17, 15) is 8.42 Å². The van der Waals surface area contributed by atoms with Crippen molar-refractivity contribution in [3.05, 3.63) is 0 Å². The average Bonchev–Trinajstić information content (AvgIpc) is 2.30. The fourth-order valence-corrected chi connectivity index (χ4v) is 3.16. The Morgan fingerprint density at radius 2 is 2.21 bits per heavy atom. The summed E-state index contributed by atoms with van der Waals surface area (Å²) in [5, 5.41) is 0. The predicted octanol–water partition coefficient (Wildman–Crippen LogP) is 1.14. The Morgan fingerprint density at radius 1 is 1.57 bits per heavy atom. The molecule has 0 spiro atoms. The predicted molar refractivity (Wildman–Crippen MR) is 54.0 cm³/mol. The molecule has 0 amide bonds. The lowest BCUT2D eigenvalue weighted by Crippen LogP contribution is -2.41. The summed E-state index contributed by atoms with van der Waals surface area (Å²) in [6.07, 6.45) is 0.548. The van der Waals surface area contributed by atoms with Crippen LogP contribution in [0.3, 0.4) is 0 Å². The second kappa shape index (κ2) is 4.35. The first-order valence-corrected chi connectivity index (χ1v) is 6.99. The van der Waals surface area contributed by atoms with Crippen molar-refractivity contribution in [3.63, 3.8) is 0 Å². The van der Waals surface area contributed by atoms with Crippen LogP contribution >= 0.6 is 10.7 Å². The van der Waals surface area contributed by atoms with Crippen LogP contribution in [0.4, 0.5) is 0 Å². The summed E-state index contributed by atoms with van der Waals surface area (Å²) in [4.78, 5) is 0. The molecule has 14 heavy (non-hydrogen) atoms. The van der Waals surface area contributed by atoms with E-state index in [1.165, 1.54) is 0 Å². The smallest absolute Gasteiger partial charge is 0.235 e. The van der Waals surface area contributed by atoms with Crippen LogP contribution in [0.15, 0.2) is 0 Å². The topological polar surface area (TPSA) is 52.6 Å². The molecule has 0 aliphatic carbocycles. The van der Waals surface area contributed by atoms with E-state index in [2.05, 4.69) is 0 Å². The Balaban J connectivity index is 2.72. The first kappa shape index (κ1) is 12.2. The zero-order valence-corrected chi connectivity index (χ0v) is 9.90. The molecule has 4 nitrogen and oxygen atoms in total. The van der Waals surface area contributed by atoms with Gasteiger partial charge in [0.05, 0.1) is 18.5 Å². The van der Waals surface area contributed by atoms with Crippen molar-refractivity contribution < 1.29 is 17.9 Å². The third-order valence-electron chi connectivity index (χ3n) is 1.99. The monoisotopic (exact) mass is 242 g/mol. The van der Waals surface area contributed by atoms with E-state index in [4.69, 9.17) is 20.2 Å². The Hall–Kier alpha value is 0.160. The van der Waals surface area contributed by atoms with Crippen LogP contribution in [-0.4, -0.2) is 39.1 Å². The van der Waals surface area contributed by atoms with Crippen LogP contribution in [0.1, 0.15) is 20.3 Å². The van der Waals surface area contributed by atoms with Crippen LogP contribution in [0.5, 0.6) is 0 Å². The van der Waals surface area contributed by atoms with Crippen molar-refractivity contribution in [1.29, 1.82) is 0 Å². The third-order valence-corrected chi connectivity index (χ3v) is 3.19. The second-order valence-electron chi connectivity index (χ2n) is 3.84. The Bertz CT molecular complexity index is 280. The van der Waals surface area contributed by atoms with Crippen molar-refractivity contribution in [2.24, 2.45) is 0 Å². The molecule has 1 heterocycles. The average molecular weight is 243 g/mol. The van der Waals surface area contributed by atoms with Gasteiger partial charge in [0.1, 0.15) is 5.60 Å². The molecule has 0 saturated carbocycles. The fourth-order valence-electron chi connectivity index (χ4n) is 1.64. The molecule has 0 aromatic carbocycles. The van der Waals surface area contributed by atoms with Gasteiger partial charge in [-0.25, -0.2) is 8.42 Å². The number of hydrogen-bond acceptors (Lipinski definition) is 4. The van der Waals surface area contributed by atoms with Crippen molar-refractivity contribution in [3.8, 4) is 0 Å². The van der Waals surface area contributed by atoms with E-state index in [-0.39, 0.29) is 11.9 Å². The standard InChI is InChI=1S/C8H15ClO4S/c1-7(2)13-8(3-4-12-5-8)6-14(9,10)11/h7H,3-6H2,1-2H3/t8-/m1/s1. The van der Waals surface area contributed by atoms with Crippen molar-refractivity contribution in [1.82, 2.24) is 0 Å². The number of ether oxygens (including phenoxy) is 2. The summed E-state index contributed by atoms with van der Waals surface area (Å²) < 4.78 is 32.8. The lowest BCUT2D eigenvalue weighted by Gasteiger charge is -2.28. The number of halogens is 1. The molecule has 1 fully saturated rings. The largest absolute Gasteiger partial charge is 0.378 e.